The first-order valence-corrected chi connectivity index (χ1v) is 13.0. The lowest BCUT2D eigenvalue weighted by molar-refractivity contribution is -0.123. The first-order valence-electron chi connectivity index (χ1n) is 12.0. The monoisotopic (exact) mass is 524 g/mol. The molecule has 0 saturated carbocycles. The van der Waals surface area contributed by atoms with Crippen LogP contribution in [0.3, 0.4) is 0 Å². The maximum Gasteiger partial charge on any atom is 0.240 e. The minimum atomic E-state index is -0.289. The minimum absolute atomic E-state index is 0.102. The summed E-state index contributed by atoms with van der Waals surface area (Å²) in [7, 11) is 6.67. The summed E-state index contributed by atoms with van der Waals surface area (Å²) in [6.45, 7) is 0.922. The summed E-state index contributed by atoms with van der Waals surface area (Å²) >= 11 is 1.49. The minimum Gasteiger partial charge on any atom is -0.497 e. The molecule has 2 heterocycles. The van der Waals surface area contributed by atoms with Gasteiger partial charge in [0.1, 0.15) is 23.9 Å². The molecule has 0 spiro atoms. The second-order valence-electron chi connectivity index (χ2n) is 8.55. The predicted molar refractivity (Wildman–Crippen MR) is 144 cm³/mol. The molecule has 9 nitrogen and oxygen atoms in total. The number of methoxy groups -OCH3 is 3. The molecule has 3 aromatic rings. The SMILES string of the molecule is COCCCNC(=O)CN1C(=O)CS[C@H](c2cc(OC)ccc2OC)c2c(-c3ccccc3)nn(C)c21. The van der Waals surface area contributed by atoms with E-state index in [1.54, 1.807) is 38.0 Å². The molecule has 1 aliphatic rings. The lowest BCUT2D eigenvalue weighted by atomic mass is 9.98. The molecule has 0 unspecified atom stereocenters. The average Bonchev–Trinajstić information content (AvgIpc) is 3.18. The van der Waals surface area contributed by atoms with E-state index in [4.69, 9.17) is 19.3 Å². The first kappa shape index (κ1) is 26.6. The largest absolute Gasteiger partial charge is 0.497 e. The van der Waals surface area contributed by atoms with Gasteiger partial charge in [0.15, 0.2) is 0 Å². The van der Waals surface area contributed by atoms with E-state index in [1.165, 1.54) is 11.8 Å². The van der Waals surface area contributed by atoms with Crippen molar-refractivity contribution >= 4 is 29.4 Å². The number of thioether (sulfide) groups is 1. The van der Waals surface area contributed by atoms with Gasteiger partial charge in [0.05, 0.1) is 30.9 Å². The van der Waals surface area contributed by atoms with Crippen LogP contribution in [-0.2, 0) is 21.4 Å². The van der Waals surface area contributed by atoms with Gasteiger partial charge in [-0.25, -0.2) is 0 Å². The molecule has 0 radical (unpaired) electrons. The standard InChI is InChI=1S/C27H32N4O5S/c1-30-27-24(25(29-30)18-9-6-5-7-10-18)26(20-15-19(35-3)11-12-21(20)36-4)37-17-23(33)31(27)16-22(32)28-13-8-14-34-2/h5-7,9-12,15,26H,8,13-14,16-17H2,1-4H3,(H,28,32)/t26-/m1/s1. The fourth-order valence-electron chi connectivity index (χ4n) is 4.43. The Morgan fingerprint density at radius 2 is 1.92 bits per heavy atom. The molecule has 0 aliphatic carbocycles. The molecule has 10 heteroatoms. The van der Waals surface area contributed by atoms with Crippen molar-refractivity contribution in [3.63, 3.8) is 0 Å². The van der Waals surface area contributed by atoms with Crippen molar-refractivity contribution in [3.05, 3.63) is 59.7 Å². The number of fused-ring (bicyclic) bond motifs is 1. The molecule has 1 N–H and O–H groups in total. The van der Waals surface area contributed by atoms with E-state index in [2.05, 4.69) is 5.32 Å². The lowest BCUT2D eigenvalue weighted by Crippen LogP contribution is -2.42. The number of benzene rings is 2. The van der Waals surface area contributed by atoms with Gasteiger partial charge in [-0.3, -0.25) is 19.2 Å². The van der Waals surface area contributed by atoms with Gasteiger partial charge in [0, 0.05) is 44.0 Å². The van der Waals surface area contributed by atoms with Crippen LogP contribution in [-0.4, -0.2) is 68.4 Å². The number of hydrogen-bond donors (Lipinski definition) is 1. The quantitative estimate of drug-likeness (QED) is 0.406. The number of ether oxygens (including phenoxy) is 3. The van der Waals surface area contributed by atoms with Crippen LogP contribution in [0.5, 0.6) is 11.5 Å². The third-order valence-corrected chi connectivity index (χ3v) is 7.40. The van der Waals surface area contributed by atoms with Crippen LogP contribution < -0.4 is 19.7 Å². The summed E-state index contributed by atoms with van der Waals surface area (Å²) in [5.41, 5.74) is 3.39. The molecule has 196 valence electrons. The first-order chi connectivity index (χ1) is 18.0. The molecule has 0 saturated heterocycles. The van der Waals surface area contributed by atoms with Gasteiger partial charge in [-0.05, 0) is 24.6 Å². The number of aromatic nitrogens is 2. The third kappa shape index (κ3) is 5.75. The molecule has 2 aromatic carbocycles. The number of nitrogens with zero attached hydrogens (tertiary/aromatic N) is 3. The van der Waals surface area contributed by atoms with Crippen LogP contribution in [0.15, 0.2) is 48.5 Å². The van der Waals surface area contributed by atoms with Crippen LogP contribution >= 0.6 is 11.8 Å². The number of anilines is 1. The fourth-order valence-corrected chi connectivity index (χ4v) is 5.65. The number of amides is 2. The van der Waals surface area contributed by atoms with Crippen LogP contribution in [0, 0.1) is 0 Å². The Balaban J connectivity index is 1.83. The Morgan fingerprint density at radius 1 is 1.14 bits per heavy atom. The summed E-state index contributed by atoms with van der Waals surface area (Å²) in [6.07, 6.45) is 0.693. The van der Waals surface area contributed by atoms with Gasteiger partial charge < -0.3 is 19.5 Å². The van der Waals surface area contributed by atoms with E-state index in [9.17, 15) is 9.59 Å². The van der Waals surface area contributed by atoms with Gasteiger partial charge in [-0.1, -0.05) is 30.3 Å². The van der Waals surface area contributed by atoms with E-state index in [0.717, 1.165) is 22.4 Å². The van der Waals surface area contributed by atoms with Crippen molar-refractivity contribution in [2.24, 2.45) is 7.05 Å². The maximum absolute atomic E-state index is 13.4. The van der Waals surface area contributed by atoms with E-state index in [-0.39, 0.29) is 29.4 Å². The Hall–Kier alpha value is -3.50. The zero-order valence-electron chi connectivity index (χ0n) is 21.5. The molecule has 4 rings (SSSR count). The van der Waals surface area contributed by atoms with Gasteiger partial charge in [0.2, 0.25) is 11.8 Å². The highest BCUT2D eigenvalue weighted by molar-refractivity contribution is 8.00. The van der Waals surface area contributed by atoms with Crippen LogP contribution in [0.1, 0.15) is 22.8 Å². The Bertz CT molecular complexity index is 1250. The molecule has 2 amide bonds. The van der Waals surface area contributed by atoms with Gasteiger partial charge >= 0.3 is 0 Å². The average molecular weight is 525 g/mol. The fraction of sp³-hybridized carbons (Fsp3) is 0.370. The molecular weight excluding hydrogens is 492 g/mol. The molecule has 1 aromatic heterocycles. The highest BCUT2D eigenvalue weighted by atomic mass is 32.2. The van der Waals surface area contributed by atoms with E-state index < -0.39 is 0 Å². The van der Waals surface area contributed by atoms with Crippen molar-refractivity contribution < 1.29 is 23.8 Å². The number of carbonyl (C=O) groups excluding carboxylic acids is 2. The van der Waals surface area contributed by atoms with Crippen LogP contribution in [0.25, 0.3) is 11.3 Å². The maximum atomic E-state index is 13.4. The molecule has 1 aliphatic heterocycles. The summed E-state index contributed by atoms with van der Waals surface area (Å²) in [5.74, 6) is 1.75. The van der Waals surface area contributed by atoms with Crippen molar-refractivity contribution in [1.82, 2.24) is 15.1 Å². The predicted octanol–water partition coefficient (Wildman–Crippen LogP) is 3.43. The smallest absolute Gasteiger partial charge is 0.240 e. The number of rotatable bonds is 10. The number of aryl methyl sites for hydroxylation is 1. The zero-order chi connectivity index (χ0) is 26.4. The topological polar surface area (TPSA) is 94.9 Å². The second kappa shape index (κ2) is 12.2. The molecular formula is C27H32N4O5S. The molecule has 37 heavy (non-hydrogen) atoms. The van der Waals surface area contributed by atoms with Crippen molar-refractivity contribution in [2.45, 2.75) is 11.7 Å². The highest BCUT2D eigenvalue weighted by Gasteiger charge is 2.37. The Morgan fingerprint density at radius 3 is 2.62 bits per heavy atom. The van der Waals surface area contributed by atoms with E-state index >= 15 is 0 Å². The molecule has 0 bridgehead atoms. The second-order valence-corrected chi connectivity index (χ2v) is 9.64. The summed E-state index contributed by atoms with van der Waals surface area (Å²) < 4.78 is 18.0. The number of hydrogen-bond acceptors (Lipinski definition) is 7. The number of carbonyl (C=O) groups is 2. The normalized spacial score (nSPS) is 15.2. The van der Waals surface area contributed by atoms with E-state index in [1.807, 2.05) is 48.5 Å². The molecule has 0 fully saturated rings. The number of nitrogens with one attached hydrogen (secondary N) is 1. The van der Waals surface area contributed by atoms with Gasteiger partial charge in [0.25, 0.3) is 0 Å². The van der Waals surface area contributed by atoms with Gasteiger partial charge in [-0.15, -0.1) is 11.8 Å². The summed E-state index contributed by atoms with van der Waals surface area (Å²) in [5, 5.41) is 7.44. The third-order valence-electron chi connectivity index (χ3n) is 6.16. The van der Waals surface area contributed by atoms with Crippen LogP contribution in [0.4, 0.5) is 5.82 Å². The Kier molecular flexibility index (Phi) is 8.73. The highest BCUT2D eigenvalue weighted by Crippen LogP contribution is 2.50. The molecule has 1 atom stereocenters. The van der Waals surface area contributed by atoms with E-state index in [0.29, 0.717) is 36.9 Å². The zero-order valence-corrected chi connectivity index (χ0v) is 22.3. The van der Waals surface area contributed by atoms with Crippen molar-refractivity contribution in [2.75, 3.05) is 51.7 Å². The summed E-state index contributed by atoms with van der Waals surface area (Å²) in [4.78, 5) is 27.8. The van der Waals surface area contributed by atoms with Gasteiger partial charge in [-0.2, -0.15) is 5.10 Å². The van der Waals surface area contributed by atoms with Crippen molar-refractivity contribution in [3.8, 4) is 22.8 Å². The van der Waals surface area contributed by atoms with Crippen molar-refractivity contribution in [1.29, 1.82) is 0 Å². The van der Waals surface area contributed by atoms with Crippen LogP contribution in [0.2, 0.25) is 0 Å². The lowest BCUT2D eigenvalue weighted by Gasteiger charge is -2.23. The summed E-state index contributed by atoms with van der Waals surface area (Å²) in [6, 6.07) is 15.5. The Labute approximate surface area is 221 Å².